The lowest BCUT2D eigenvalue weighted by Gasteiger charge is -2.15. The maximum absolute atomic E-state index is 8.64. The first-order valence-corrected chi connectivity index (χ1v) is 5.36. The molecule has 5 heteroatoms. The predicted molar refractivity (Wildman–Crippen MR) is 64.3 cm³/mol. The second-order valence-corrected chi connectivity index (χ2v) is 3.85. The maximum atomic E-state index is 8.64. The normalized spacial score (nSPS) is 11.8. The highest BCUT2D eigenvalue weighted by molar-refractivity contribution is 5.43. The molecule has 2 heterocycles. The van der Waals surface area contributed by atoms with Crippen molar-refractivity contribution in [2.75, 3.05) is 5.32 Å². The Morgan fingerprint density at radius 3 is 3.00 bits per heavy atom. The van der Waals surface area contributed by atoms with Gasteiger partial charge in [0, 0.05) is 25.0 Å². The van der Waals surface area contributed by atoms with Crippen molar-refractivity contribution < 1.29 is 0 Å². The molecule has 1 N–H and O–H groups in total. The van der Waals surface area contributed by atoms with Crippen LogP contribution in [0, 0.1) is 11.3 Å². The van der Waals surface area contributed by atoms with Crippen molar-refractivity contribution in [2.45, 2.75) is 19.5 Å². The van der Waals surface area contributed by atoms with E-state index in [9.17, 15) is 0 Å². The molecule has 0 radical (unpaired) electrons. The molecule has 0 amide bonds. The number of pyridine rings is 1. The quantitative estimate of drug-likeness (QED) is 0.862. The number of nitrogens with zero attached hydrogens (tertiary/aromatic N) is 4. The van der Waals surface area contributed by atoms with Crippen LogP contribution in [0.25, 0.3) is 0 Å². The Bertz CT molecular complexity index is 495. The van der Waals surface area contributed by atoms with Crippen LogP contribution in [-0.2, 0) is 6.54 Å². The standard InChI is InChI=1S/C12H13N5/c1-10(8-17-5-4-14-9-17)16-12-3-2-11(6-13)15-7-12/h2-5,7,9-10,16H,8H2,1H3. The largest absolute Gasteiger partial charge is 0.380 e. The first-order chi connectivity index (χ1) is 8.28. The highest BCUT2D eigenvalue weighted by atomic mass is 15.1. The molecule has 17 heavy (non-hydrogen) atoms. The van der Waals surface area contributed by atoms with Crippen molar-refractivity contribution in [3.63, 3.8) is 0 Å². The fourth-order valence-electron chi connectivity index (χ4n) is 1.59. The molecule has 5 nitrogen and oxygen atoms in total. The summed E-state index contributed by atoms with van der Waals surface area (Å²) >= 11 is 0. The molecular formula is C12H13N5. The number of hydrogen-bond donors (Lipinski definition) is 1. The van der Waals surface area contributed by atoms with Crippen molar-refractivity contribution in [3.05, 3.63) is 42.7 Å². The van der Waals surface area contributed by atoms with Gasteiger partial charge in [-0.15, -0.1) is 0 Å². The zero-order valence-electron chi connectivity index (χ0n) is 9.54. The third-order valence-electron chi connectivity index (χ3n) is 2.33. The van der Waals surface area contributed by atoms with Crippen molar-refractivity contribution in [3.8, 4) is 6.07 Å². The fraction of sp³-hybridized carbons (Fsp3) is 0.250. The van der Waals surface area contributed by atoms with E-state index in [0.29, 0.717) is 5.69 Å². The maximum Gasteiger partial charge on any atom is 0.140 e. The van der Waals surface area contributed by atoms with Crippen LogP contribution in [0.2, 0.25) is 0 Å². The molecule has 0 aliphatic heterocycles. The van der Waals surface area contributed by atoms with Gasteiger partial charge in [0.1, 0.15) is 11.8 Å². The van der Waals surface area contributed by atoms with E-state index in [0.717, 1.165) is 12.2 Å². The van der Waals surface area contributed by atoms with Gasteiger partial charge in [-0.2, -0.15) is 5.26 Å². The molecule has 0 aliphatic carbocycles. The van der Waals surface area contributed by atoms with Gasteiger partial charge in [-0.3, -0.25) is 0 Å². The lowest BCUT2D eigenvalue weighted by Crippen LogP contribution is -2.21. The number of imidazole rings is 1. The Balaban J connectivity index is 1.94. The summed E-state index contributed by atoms with van der Waals surface area (Å²) in [7, 11) is 0. The smallest absolute Gasteiger partial charge is 0.140 e. The molecule has 0 aromatic carbocycles. The SMILES string of the molecule is CC(Cn1ccnc1)Nc1ccc(C#N)nc1. The lowest BCUT2D eigenvalue weighted by atomic mass is 10.3. The van der Waals surface area contributed by atoms with E-state index >= 15 is 0 Å². The summed E-state index contributed by atoms with van der Waals surface area (Å²) in [5, 5.41) is 11.9. The number of hydrogen-bond acceptors (Lipinski definition) is 4. The third-order valence-corrected chi connectivity index (χ3v) is 2.33. The van der Waals surface area contributed by atoms with Crippen molar-refractivity contribution >= 4 is 5.69 Å². The van der Waals surface area contributed by atoms with Crippen LogP contribution in [0.3, 0.4) is 0 Å². The second-order valence-electron chi connectivity index (χ2n) is 3.85. The van der Waals surface area contributed by atoms with Gasteiger partial charge < -0.3 is 9.88 Å². The minimum Gasteiger partial charge on any atom is -0.380 e. The summed E-state index contributed by atoms with van der Waals surface area (Å²) in [6.07, 6.45) is 7.14. The summed E-state index contributed by atoms with van der Waals surface area (Å²) in [5.41, 5.74) is 1.34. The fourth-order valence-corrected chi connectivity index (χ4v) is 1.59. The van der Waals surface area contributed by atoms with Gasteiger partial charge in [-0.25, -0.2) is 9.97 Å². The van der Waals surface area contributed by atoms with E-state index in [1.165, 1.54) is 0 Å². The molecule has 0 aliphatic rings. The Morgan fingerprint density at radius 2 is 2.41 bits per heavy atom. The van der Waals surface area contributed by atoms with Crippen LogP contribution in [0.5, 0.6) is 0 Å². The van der Waals surface area contributed by atoms with Gasteiger partial charge in [-0.05, 0) is 19.1 Å². The van der Waals surface area contributed by atoms with E-state index in [1.54, 1.807) is 24.8 Å². The minimum atomic E-state index is 0.263. The summed E-state index contributed by atoms with van der Waals surface area (Å²) in [6, 6.07) is 5.81. The first kappa shape index (κ1) is 11.1. The molecule has 86 valence electrons. The Kier molecular flexibility index (Phi) is 3.36. The van der Waals surface area contributed by atoms with E-state index in [4.69, 9.17) is 5.26 Å². The van der Waals surface area contributed by atoms with Crippen LogP contribution in [0.4, 0.5) is 5.69 Å². The predicted octanol–water partition coefficient (Wildman–Crippen LogP) is 1.65. The van der Waals surface area contributed by atoms with Crippen LogP contribution >= 0.6 is 0 Å². The summed E-state index contributed by atoms with van der Waals surface area (Å²) in [5.74, 6) is 0. The van der Waals surface area contributed by atoms with E-state index in [-0.39, 0.29) is 6.04 Å². The molecule has 1 unspecified atom stereocenters. The van der Waals surface area contributed by atoms with Crippen LogP contribution in [0.15, 0.2) is 37.1 Å². The summed E-state index contributed by atoms with van der Waals surface area (Å²) in [4.78, 5) is 8.00. The van der Waals surface area contributed by atoms with Gasteiger partial charge in [0.15, 0.2) is 0 Å². The van der Waals surface area contributed by atoms with E-state index in [1.807, 2.05) is 22.9 Å². The molecule has 0 spiro atoms. The molecule has 1 atom stereocenters. The van der Waals surface area contributed by atoms with Crippen LogP contribution in [-0.4, -0.2) is 20.6 Å². The monoisotopic (exact) mass is 227 g/mol. The topological polar surface area (TPSA) is 66.5 Å². The van der Waals surface area contributed by atoms with Crippen molar-refractivity contribution in [1.82, 2.24) is 14.5 Å². The Labute approximate surface area is 99.7 Å². The van der Waals surface area contributed by atoms with Crippen LogP contribution in [0.1, 0.15) is 12.6 Å². The minimum absolute atomic E-state index is 0.263. The van der Waals surface area contributed by atoms with Gasteiger partial charge in [-0.1, -0.05) is 0 Å². The summed E-state index contributed by atoms with van der Waals surface area (Å²) in [6.45, 7) is 2.91. The zero-order chi connectivity index (χ0) is 12.1. The highest BCUT2D eigenvalue weighted by Gasteiger charge is 2.03. The van der Waals surface area contributed by atoms with Gasteiger partial charge in [0.05, 0.1) is 18.2 Å². The molecule has 0 bridgehead atoms. The van der Waals surface area contributed by atoms with E-state index < -0.39 is 0 Å². The van der Waals surface area contributed by atoms with Crippen molar-refractivity contribution in [1.29, 1.82) is 5.26 Å². The molecular weight excluding hydrogens is 214 g/mol. The van der Waals surface area contributed by atoms with Gasteiger partial charge in [0.25, 0.3) is 0 Å². The van der Waals surface area contributed by atoms with E-state index in [2.05, 4.69) is 22.2 Å². The zero-order valence-corrected chi connectivity index (χ0v) is 9.54. The number of rotatable bonds is 4. The average molecular weight is 227 g/mol. The highest BCUT2D eigenvalue weighted by Crippen LogP contribution is 2.08. The molecule has 0 saturated heterocycles. The molecule has 2 rings (SSSR count). The summed E-state index contributed by atoms with van der Waals surface area (Å²) < 4.78 is 2.01. The average Bonchev–Trinajstić information content (AvgIpc) is 2.82. The number of nitrogens with one attached hydrogen (secondary N) is 1. The van der Waals surface area contributed by atoms with Gasteiger partial charge >= 0.3 is 0 Å². The Hall–Kier alpha value is -2.35. The van der Waals surface area contributed by atoms with Crippen LogP contribution < -0.4 is 5.32 Å². The number of aromatic nitrogens is 3. The molecule has 2 aromatic heterocycles. The van der Waals surface area contributed by atoms with Crippen molar-refractivity contribution in [2.24, 2.45) is 0 Å². The molecule has 0 fully saturated rings. The second kappa shape index (κ2) is 5.12. The first-order valence-electron chi connectivity index (χ1n) is 5.36. The molecule has 2 aromatic rings. The lowest BCUT2D eigenvalue weighted by molar-refractivity contribution is 0.618. The third kappa shape index (κ3) is 3.05. The van der Waals surface area contributed by atoms with Gasteiger partial charge in [0.2, 0.25) is 0 Å². The number of nitriles is 1. The Morgan fingerprint density at radius 1 is 1.53 bits per heavy atom. The molecule has 0 saturated carbocycles. The number of anilines is 1.